The van der Waals surface area contributed by atoms with Gasteiger partial charge in [0.05, 0.1) is 0 Å². The van der Waals surface area contributed by atoms with E-state index < -0.39 is 0 Å². The molecule has 0 aliphatic heterocycles. The van der Waals surface area contributed by atoms with Gasteiger partial charge in [0.25, 0.3) is 0 Å². The SMILES string of the molecule is CCCCCCN(CCCCCC)CC1CC1c1ccc(C2CCCCC2)c(Cl)c1. The van der Waals surface area contributed by atoms with E-state index in [0.29, 0.717) is 5.92 Å². The van der Waals surface area contributed by atoms with Crippen LogP contribution in [0.4, 0.5) is 0 Å². The maximum atomic E-state index is 6.77. The number of benzene rings is 1. The maximum absolute atomic E-state index is 6.77. The second-order valence-corrected chi connectivity index (χ2v) is 10.5. The molecule has 0 heterocycles. The van der Waals surface area contributed by atoms with E-state index in [2.05, 4.69) is 36.9 Å². The van der Waals surface area contributed by atoms with Crippen molar-refractivity contribution in [2.45, 2.75) is 116 Å². The smallest absolute Gasteiger partial charge is 0.0443 e. The summed E-state index contributed by atoms with van der Waals surface area (Å²) in [5, 5.41) is 1.04. The molecule has 1 aromatic carbocycles. The first-order valence-corrected chi connectivity index (χ1v) is 13.6. The lowest BCUT2D eigenvalue weighted by atomic mass is 9.83. The molecule has 3 rings (SSSR count). The topological polar surface area (TPSA) is 3.24 Å². The van der Waals surface area contributed by atoms with Crippen molar-refractivity contribution >= 4 is 11.6 Å². The van der Waals surface area contributed by atoms with Crippen LogP contribution in [0.3, 0.4) is 0 Å². The van der Waals surface area contributed by atoms with Gasteiger partial charge in [0.2, 0.25) is 0 Å². The fourth-order valence-electron chi connectivity index (χ4n) is 5.53. The van der Waals surface area contributed by atoms with Gasteiger partial charge < -0.3 is 4.90 Å². The number of hydrogen-bond acceptors (Lipinski definition) is 1. The van der Waals surface area contributed by atoms with E-state index in [-0.39, 0.29) is 0 Å². The third-order valence-corrected chi connectivity index (χ3v) is 7.90. The highest BCUT2D eigenvalue weighted by molar-refractivity contribution is 6.31. The minimum Gasteiger partial charge on any atom is -0.303 e. The lowest BCUT2D eigenvalue weighted by Crippen LogP contribution is -2.28. The van der Waals surface area contributed by atoms with Gasteiger partial charge in [-0.05, 0) is 80.1 Å². The molecule has 30 heavy (non-hydrogen) atoms. The monoisotopic (exact) mass is 431 g/mol. The van der Waals surface area contributed by atoms with Crippen LogP contribution in [0.1, 0.15) is 127 Å². The zero-order valence-electron chi connectivity index (χ0n) is 19.8. The molecular formula is C28H46ClN. The van der Waals surface area contributed by atoms with E-state index in [1.165, 1.54) is 121 Å². The van der Waals surface area contributed by atoms with E-state index in [1.807, 2.05) is 0 Å². The van der Waals surface area contributed by atoms with Crippen molar-refractivity contribution in [2.24, 2.45) is 5.92 Å². The van der Waals surface area contributed by atoms with Crippen LogP contribution < -0.4 is 0 Å². The summed E-state index contributed by atoms with van der Waals surface area (Å²) in [5.41, 5.74) is 2.92. The van der Waals surface area contributed by atoms with Crippen LogP contribution in [-0.2, 0) is 0 Å². The molecule has 0 radical (unpaired) electrons. The lowest BCUT2D eigenvalue weighted by Gasteiger charge is -2.24. The number of rotatable bonds is 14. The van der Waals surface area contributed by atoms with E-state index in [1.54, 1.807) is 0 Å². The fraction of sp³-hybridized carbons (Fsp3) is 0.786. The summed E-state index contributed by atoms with van der Waals surface area (Å²) >= 11 is 6.77. The Morgan fingerprint density at radius 2 is 1.53 bits per heavy atom. The first kappa shape index (κ1) is 24.1. The number of halogens is 1. The Hall–Kier alpha value is -0.530. The summed E-state index contributed by atoms with van der Waals surface area (Å²) in [4.78, 5) is 2.79. The molecule has 2 aliphatic rings. The highest BCUT2D eigenvalue weighted by atomic mass is 35.5. The lowest BCUT2D eigenvalue weighted by molar-refractivity contribution is 0.249. The molecule has 2 saturated carbocycles. The Labute approximate surface area is 192 Å². The Morgan fingerprint density at radius 1 is 0.867 bits per heavy atom. The first-order valence-electron chi connectivity index (χ1n) is 13.2. The largest absolute Gasteiger partial charge is 0.303 e. The Kier molecular flexibility index (Phi) is 10.5. The van der Waals surface area contributed by atoms with Gasteiger partial charge in [-0.25, -0.2) is 0 Å². The highest BCUT2D eigenvalue weighted by Gasteiger charge is 2.39. The normalized spacial score (nSPS) is 22.0. The van der Waals surface area contributed by atoms with Crippen LogP contribution in [0.5, 0.6) is 0 Å². The second kappa shape index (κ2) is 13.1. The molecule has 170 valence electrons. The van der Waals surface area contributed by atoms with Crippen molar-refractivity contribution in [2.75, 3.05) is 19.6 Å². The number of unbranched alkanes of at least 4 members (excludes halogenated alkanes) is 6. The van der Waals surface area contributed by atoms with Crippen LogP contribution in [0.2, 0.25) is 5.02 Å². The number of nitrogens with zero attached hydrogens (tertiary/aromatic N) is 1. The van der Waals surface area contributed by atoms with Gasteiger partial charge in [0.15, 0.2) is 0 Å². The standard InChI is InChI=1S/C28H46ClN/c1-3-5-7-12-18-30(19-13-8-6-4-2)22-25-20-27(25)24-16-17-26(28(29)21-24)23-14-10-9-11-15-23/h16-17,21,23,25,27H,3-15,18-20,22H2,1-2H3. The summed E-state index contributed by atoms with van der Waals surface area (Å²) < 4.78 is 0. The van der Waals surface area contributed by atoms with E-state index in [4.69, 9.17) is 11.6 Å². The zero-order valence-corrected chi connectivity index (χ0v) is 20.6. The van der Waals surface area contributed by atoms with E-state index in [0.717, 1.165) is 16.9 Å². The predicted molar refractivity (Wildman–Crippen MR) is 133 cm³/mol. The molecular weight excluding hydrogens is 386 g/mol. The summed E-state index contributed by atoms with van der Waals surface area (Å²) in [6.07, 6.45) is 19.2. The summed E-state index contributed by atoms with van der Waals surface area (Å²) in [6.45, 7) is 8.52. The molecule has 0 aromatic heterocycles. The summed E-state index contributed by atoms with van der Waals surface area (Å²) in [6, 6.07) is 7.10. The van der Waals surface area contributed by atoms with Crippen molar-refractivity contribution < 1.29 is 0 Å². The van der Waals surface area contributed by atoms with Crippen molar-refractivity contribution in [3.8, 4) is 0 Å². The average molecular weight is 432 g/mol. The molecule has 1 aromatic rings. The Bertz CT molecular complexity index is 595. The van der Waals surface area contributed by atoms with Crippen LogP contribution in [-0.4, -0.2) is 24.5 Å². The minimum atomic E-state index is 0.706. The Morgan fingerprint density at radius 3 is 2.13 bits per heavy atom. The summed E-state index contributed by atoms with van der Waals surface area (Å²) in [5.74, 6) is 2.30. The third-order valence-electron chi connectivity index (χ3n) is 7.57. The van der Waals surface area contributed by atoms with Crippen molar-refractivity contribution in [3.63, 3.8) is 0 Å². The third kappa shape index (κ3) is 7.56. The van der Waals surface area contributed by atoms with Crippen molar-refractivity contribution in [3.05, 3.63) is 34.3 Å². The molecule has 2 atom stereocenters. The maximum Gasteiger partial charge on any atom is 0.0443 e. The average Bonchev–Trinajstić information content (AvgIpc) is 3.53. The molecule has 2 heteroatoms. The van der Waals surface area contributed by atoms with Crippen molar-refractivity contribution in [1.82, 2.24) is 4.90 Å². The van der Waals surface area contributed by atoms with Gasteiger partial charge in [-0.15, -0.1) is 0 Å². The molecule has 0 N–H and O–H groups in total. The minimum absolute atomic E-state index is 0.706. The molecule has 0 bridgehead atoms. The molecule has 2 aliphatic carbocycles. The van der Waals surface area contributed by atoms with Crippen molar-refractivity contribution in [1.29, 1.82) is 0 Å². The van der Waals surface area contributed by atoms with Gasteiger partial charge >= 0.3 is 0 Å². The van der Waals surface area contributed by atoms with Gasteiger partial charge in [0, 0.05) is 11.6 Å². The van der Waals surface area contributed by atoms with E-state index >= 15 is 0 Å². The molecule has 0 saturated heterocycles. The fourth-order valence-corrected chi connectivity index (χ4v) is 5.87. The Balaban J connectivity index is 1.50. The quantitative estimate of drug-likeness (QED) is 0.265. The van der Waals surface area contributed by atoms with Gasteiger partial charge in [-0.2, -0.15) is 0 Å². The van der Waals surface area contributed by atoms with Crippen LogP contribution in [0.15, 0.2) is 18.2 Å². The molecule has 0 spiro atoms. The highest BCUT2D eigenvalue weighted by Crippen LogP contribution is 2.49. The van der Waals surface area contributed by atoms with Gasteiger partial charge in [0.1, 0.15) is 0 Å². The first-order chi connectivity index (χ1) is 14.7. The van der Waals surface area contributed by atoms with Crippen LogP contribution in [0, 0.1) is 5.92 Å². The number of hydrogen-bond donors (Lipinski definition) is 0. The zero-order chi connectivity index (χ0) is 21.2. The van der Waals surface area contributed by atoms with Gasteiger partial charge in [-0.3, -0.25) is 0 Å². The molecule has 0 amide bonds. The van der Waals surface area contributed by atoms with Crippen LogP contribution >= 0.6 is 11.6 Å². The molecule has 1 nitrogen and oxygen atoms in total. The van der Waals surface area contributed by atoms with Gasteiger partial charge in [-0.1, -0.05) is 95.4 Å². The predicted octanol–water partition coefficient (Wildman–Crippen LogP) is 8.95. The van der Waals surface area contributed by atoms with E-state index in [9.17, 15) is 0 Å². The second-order valence-electron chi connectivity index (χ2n) is 10.1. The summed E-state index contributed by atoms with van der Waals surface area (Å²) in [7, 11) is 0. The molecule has 2 unspecified atom stereocenters. The molecule has 2 fully saturated rings. The van der Waals surface area contributed by atoms with Crippen LogP contribution in [0.25, 0.3) is 0 Å².